The fraction of sp³-hybridized carbons (Fsp3) is 0.0741. The molecular formula is C27H20N4O4S2. The number of carbonyl (C=O) groups is 2. The van der Waals surface area contributed by atoms with Crippen LogP contribution < -0.4 is 10.6 Å². The molecule has 4 aromatic rings. The van der Waals surface area contributed by atoms with Gasteiger partial charge in [0.1, 0.15) is 11.1 Å². The lowest BCUT2D eigenvalue weighted by Crippen LogP contribution is -2.22. The maximum absolute atomic E-state index is 12.9. The number of hydrogen-bond donors (Lipinski definition) is 2. The van der Waals surface area contributed by atoms with Gasteiger partial charge in [-0.2, -0.15) is 5.26 Å². The summed E-state index contributed by atoms with van der Waals surface area (Å²) in [6, 6.07) is 24.1. The van der Waals surface area contributed by atoms with Gasteiger partial charge in [-0.3, -0.25) is 19.7 Å². The summed E-state index contributed by atoms with van der Waals surface area (Å²) in [5.74, 6) is -0.651. The van der Waals surface area contributed by atoms with Gasteiger partial charge in [-0.15, -0.1) is 23.1 Å². The number of thiophene rings is 1. The molecule has 10 heteroatoms. The summed E-state index contributed by atoms with van der Waals surface area (Å²) in [7, 11) is 0. The Bertz CT molecular complexity index is 1500. The normalized spacial score (nSPS) is 11.2. The lowest BCUT2D eigenvalue weighted by atomic mass is 10.1. The summed E-state index contributed by atoms with van der Waals surface area (Å²) < 4.78 is 0. The molecule has 8 nitrogen and oxygen atoms in total. The van der Waals surface area contributed by atoms with E-state index < -0.39 is 16.1 Å². The second-order valence-electron chi connectivity index (χ2n) is 7.87. The smallest absolute Gasteiger partial charge is 0.269 e. The van der Waals surface area contributed by atoms with Crippen molar-refractivity contribution in [3.8, 4) is 17.2 Å². The van der Waals surface area contributed by atoms with Crippen LogP contribution in [0.1, 0.15) is 22.8 Å². The number of nitrogens with one attached hydrogen (secondary N) is 2. The second-order valence-corrected chi connectivity index (χ2v) is 10.2. The van der Waals surface area contributed by atoms with Gasteiger partial charge in [-0.25, -0.2) is 0 Å². The average molecular weight is 529 g/mol. The van der Waals surface area contributed by atoms with E-state index in [0.29, 0.717) is 16.3 Å². The van der Waals surface area contributed by atoms with Crippen molar-refractivity contribution >= 4 is 51.3 Å². The minimum Gasteiger partial charge on any atom is -0.322 e. The van der Waals surface area contributed by atoms with Crippen molar-refractivity contribution < 1.29 is 14.5 Å². The molecule has 184 valence electrons. The topological polar surface area (TPSA) is 125 Å². The molecule has 2 amide bonds. The highest BCUT2D eigenvalue weighted by molar-refractivity contribution is 8.00. The standard InChI is InChI=1S/C27H20N4O4S2/c1-17(25(32)30-27-23(15-28)24(16-36-27)18-6-3-2-4-7-18)37-22-9-5-8-20(14-22)29-26(33)19-10-12-21(13-11-19)31(34)35/h2-14,16-17H,1H3,(H,29,33)(H,30,32). The van der Waals surface area contributed by atoms with Crippen LogP contribution in [0.3, 0.4) is 0 Å². The molecule has 1 heterocycles. The summed E-state index contributed by atoms with van der Waals surface area (Å²) in [6.07, 6.45) is 0. The maximum Gasteiger partial charge on any atom is 0.269 e. The van der Waals surface area contributed by atoms with E-state index >= 15 is 0 Å². The molecule has 3 aromatic carbocycles. The van der Waals surface area contributed by atoms with Gasteiger partial charge in [-0.05, 0) is 42.8 Å². The number of amides is 2. The maximum atomic E-state index is 12.9. The first-order valence-electron chi connectivity index (χ1n) is 11.1. The van der Waals surface area contributed by atoms with E-state index in [1.54, 1.807) is 25.1 Å². The molecule has 0 aliphatic heterocycles. The van der Waals surface area contributed by atoms with Crippen molar-refractivity contribution in [3.05, 3.63) is 105 Å². The van der Waals surface area contributed by atoms with Crippen LogP contribution in [0.15, 0.2) is 89.1 Å². The molecule has 0 aliphatic rings. The Morgan fingerprint density at radius 2 is 1.76 bits per heavy atom. The number of hydrogen-bond acceptors (Lipinski definition) is 7. The van der Waals surface area contributed by atoms with Crippen LogP contribution in [0.4, 0.5) is 16.4 Å². The summed E-state index contributed by atoms with van der Waals surface area (Å²) in [4.78, 5) is 36.5. The van der Waals surface area contributed by atoms with Crippen LogP contribution in [0.25, 0.3) is 11.1 Å². The molecule has 0 radical (unpaired) electrons. The number of anilines is 2. The van der Waals surface area contributed by atoms with Crippen LogP contribution in [-0.4, -0.2) is 22.0 Å². The molecule has 1 atom stereocenters. The zero-order chi connectivity index (χ0) is 26.4. The van der Waals surface area contributed by atoms with E-state index in [-0.39, 0.29) is 17.2 Å². The fourth-order valence-corrected chi connectivity index (χ4v) is 5.30. The average Bonchev–Trinajstić information content (AvgIpc) is 3.31. The highest BCUT2D eigenvalue weighted by Gasteiger charge is 2.20. The number of rotatable bonds is 8. The van der Waals surface area contributed by atoms with Crippen molar-refractivity contribution in [2.75, 3.05) is 10.6 Å². The van der Waals surface area contributed by atoms with Gasteiger partial charge < -0.3 is 10.6 Å². The molecule has 0 fully saturated rings. The minimum atomic E-state index is -0.526. The Kier molecular flexibility index (Phi) is 7.98. The third-order valence-electron chi connectivity index (χ3n) is 5.34. The predicted octanol–water partition coefficient (Wildman–Crippen LogP) is 6.57. The first-order valence-corrected chi connectivity index (χ1v) is 12.8. The van der Waals surface area contributed by atoms with Crippen molar-refractivity contribution in [2.45, 2.75) is 17.1 Å². The van der Waals surface area contributed by atoms with Crippen LogP contribution in [0.5, 0.6) is 0 Å². The summed E-state index contributed by atoms with van der Waals surface area (Å²) in [5.41, 5.74) is 2.83. The number of nitriles is 1. The highest BCUT2D eigenvalue weighted by atomic mass is 32.2. The lowest BCUT2D eigenvalue weighted by Gasteiger charge is -2.13. The van der Waals surface area contributed by atoms with Gasteiger partial charge in [0.05, 0.1) is 15.7 Å². The minimum absolute atomic E-state index is 0.0945. The van der Waals surface area contributed by atoms with E-state index in [9.17, 15) is 25.0 Å². The number of nitrogens with zero attached hydrogens (tertiary/aromatic N) is 2. The van der Waals surface area contributed by atoms with Gasteiger partial charge in [0.2, 0.25) is 5.91 Å². The number of nitro groups is 1. The predicted molar refractivity (Wildman–Crippen MR) is 146 cm³/mol. The molecule has 4 rings (SSSR count). The van der Waals surface area contributed by atoms with E-state index in [4.69, 9.17) is 0 Å². The van der Waals surface area contributed by atoms with Crippen LogP contribution >= 0.6 is 23.1 Å². The molecule has 1 unspecified atom stereocenters. The number of carbonyl (C=O) groups excluding carboxylic acids is 2. The fourth-order valence-electron chi connectivity index (χ4n) is 3.45. The van der Waals surface area contributed by atoms with Gasteiger partial charge in [0, 0.05) is 39.2 Å². The number of thioether (sulfide) groups is 1. The van der Waals surface area contributed by atoms with E-state index in [0.717, 1.165) is 16.0 Å². The van der Waals surface area contributed by atoms with Crippen molar-refractivity contribution in [1.82, 2.24) is 0 Å². The van der Waals surface area contributed by atoms with E-state index in [1.807, 2.05) is 41.8 Å². The van der Waals surface area contributed by atoms with Gasteiger partial charge >= 0.3 is 0 Å². The highest BCUT2D eigenvalue weighted by Crippen LogP contribution is 2.35. The van der Waals surface area contributed by atoms with Crippen molar-refractivity contribution in [1.29, 1.82) is 5.26 Å². The molecular weight excluding hydrogens is 508 g/mol. The molecule has 0 saturated carbocycles. The quantitative estimate of drug-likeness (QED) is 0.151. The third-order valence-corrected chi connectivity index (χ3v) is 7.33. The largest absolute Gasteiger partial charge is 0.322 e. The first kappa shape index (κ1) is 25.6. The lowest BCUT2D eigenvalue weighted by molar-refractivity contribution is -0.384. The molecule has 0 aliphatic carbocycles. The third kappa shape index (κ3) is 6.22. The van der Waals surface area contributed by atoms with Gasteiger partial charge in [-0.1, -0.05) is 36.4 Å². The summed E-state index contributed by atoms with van der Waals surface area (Å²) in [5, 5.41) is 28.0. The molecule has 1 aromatic heterocycles. The Morgan fingerprint density at radius 3 is 2.43 bits per heavy atom. The molecule has 0 spiro atoms. The van der Waals surface area contributed by atoms with Crippen LogP contribution in [0, 0.1) is 21.4 Å². The van der Waals surface area contributed by atoms with Crippen molar-refractivity contribution in [3.63, 3.8) is 0 Å². The van der Waals surface area contributed by atoms with Gasteiger partial charge in [0.15, 0.2) is 0 Å². The van der Waals surface area contributed by atoms with Crippen molar-refractivity contribution in [2.24, 2.45) is 0 Å². The van der Waals surface area contributed by atoms with Gasteiger partial charge in [0.25, 0.3) is 11.6 Å². The molecule has 0 bridgehead atoms. The van der Waals surface area contributed by atoms with Crippen LogP contribution in [-0.2, 0) is 4.79 Å². The number of non-ortho nitro benzene ring substituents is 1. The molecule has 37 heavy (non-hydrogen) atoms. The zero-order valence-corrected chi connectivity index (χ0v) is 21.1. The first-order chi connectivity index (χ1) is 17.9. The SMILES string of the molecule is CC(Sc1cccc(NC(=O)c2ccc([N+](=O)[O-])cc2)c1)C(=O)Nc1scc(-c2ccccc2)c1C#N. The zero-order valence-electron chi connectivity index (χ0n) is 19.5. The second kappa shape index (κ2) is 11.5. The van der Waals surface area contributed by atoms with E-state index in [1.165, 1.54) is 47.4 Å². The summed E-state index contributed by atoms with van der Waals surface area (Å²) >= 11 is 2.62. The number of benzene rings is 3. The Labute approximate surface area is 221 Å². The Morgan fingerprint density at radius 1 is 1.03 bits per heavy atom. The van der Waals surface area contributed by atoms with Crippen LogP contribution in [0.2, 0.25) is 0 Å². The molecule has 2 N–H and O–H groups in total. The summed E-state index contributed by atoms with van der Waals surface area (Å²) in [6.45, 7) is 1.76. The van der Waals surface area contributed by atoms with E-state index in [2.05, 4.69) is 16.7 Å². The monoisotopic (exact) mass is 528 g/mol. The Balaban J connectivity index is 1.40. The Hall–Kier alpha value is -4.46. The molecule has 0 saturated heterocycles. The number of nitro benzene ring substituents is 1.